The van der Waals surface area contributed by atoms with Crippen molar-refractivity contribution in [1.82, 2.24) is 8.61 Å². The average molecular weight is 389 g/mol. The molecular formula is C16H24N2O5S2. The molecule has 1 N–H and O–H groups in total. The van der Waals surface area contributed by atoms with Crippen molar-refractivity contribution in [3.05, 3.63) is 24.3 Å². The normalized spacial score (nSPS) is 22.1. The van der Waals surface area contributed by atoms with Gasteiger partial charge in [-0.1, -0.05) is 6.42 Å². The van der Waals surface area contributed by atoms with Crippen LogP contribution in [-0.2, 0) is 20.0 Å². The topological polar surface area (TPSA) is 95.0 Å². The summed E-state index contributed by atoms with van der Waals surface area (Å²) >= 11 is 0. The summed E-state index contributed by atoms with van der Waals surface area (Å²) < 4.78 is 53.3. The Balaban J connectivity index is 1.80. The molecule has 2 saturated heterocycles. The first-order valence-electron chi connectivity index (χ1n) is 8.60. The molecule has 0 bridgehead atoms. The quantitative estimate of drug-likeness (QED) is 0.830. The molecule has 0 amide bonds. The summed E-state index contributed by atoms with van der Waals surface area (Å²) in [6.45, 7) is 1.58. The second-order valence-electron chi connectivity index (χ2n) is 6.57. The maximum atomic E-state index is 12.6. The van der Waals surface area contributed by atoms with Crippen LogP contribution < -0.4 is 0 Å². The lowest BCUT2D eigenvalue weighted by atomic mass is 10.1. The number of benzene rings is 1. The molecule has 0 aromatic heterocycles. The zero-order chi connectivity index (χ0) is 18.1. The fourth-order valence-corrected chi connectivity index (χ4v) is 6.26. The molecule has 1 aromatic carbocycles. The van der Waals surface area contributed by atoms with Crippen molar-refractivity contribution in [3.63, 3.8) is 0 Å². The van der Waals surface area contributed by atoms with E-state index in [1.807, 2.05) is 0 Å². The fraction of sp³-hybridized carbons (Fsp3) is 0.625. The maximum Gasteiger partial charge on any atom is 0.243 e. The van der Waals surface area contributed by atoms with Gasteiger partial charge in [0.1, 0.15) is 0 Å². The zero-order valence-corrected chi connectivity index (χ0v) is 15.7. The van der Waals surface area contributed by atoms with Crippen LogP contribution >= 0.6 is 0 Å². The van der Waals surface area contributed by atoms with Crippen LogP contribution in [0.2, 0.25) is 0 Å². The molecule has 2 aliphatic heterocycles. The third-order valence-electron chi connectivity index (χ3n) is 4.84. The molecule has 0 radical (unpaired) electrons. The monoisotopic (exact) mass is 388 g/mol. The summed E-state index contributed by atoms with van der Waals surface area (Å²) in [7, 11) is -7.22. The van der Waals surface area contributed by atoms with E-state index >= 15 is 0 Å². The van der Waals surface area contributed by atoms with Gasteiger partial charge >= 0.3 is 0 Å². The summed E-state index contributed by atoms with van der Waals surface area (Å²) in [5.74, 6) is 0. The number of aliphatic hydroxyl groups excluding tert-OH is 1. The van der Waals surface area contributed by atoms with Crippen molar-refractivity contribution in [1.29, 1.82) is 0 Å². The summed E-state index contributed by atoms with van der Waals surface area (Å²) in [5.41, 5.74) is 0. The molecule has 9 heteroatoms. The smallest absolute Gasteiger partial charge is 0.243 e. The predicted molar refractivity (Wildman–Crippen MR) is 93.1 cm³/mol. The number of nitrogens with zero attached hydrogens (tertiary/aromatic N) is 2. The minimum absolute atomic E-state index is 0.0847. The van der Waals surface area contributed by atoms with Crippen molar-refractivity contribution in [2.75, 3.05) is 26.2 Å². The summed E-state index contributed by atoms with van der Waals surface area (Å²) in [6, 6.07) is 5.46. The Labute approximate surface area is 149 Å². The SMILES string of the molecule is O=S(=O)(c1ccc(S(=O)(=O)N2CCC(O)CC2)cc1)N1CCCCC1. The van der Waals surface area contributed by atoms with Crippen molar-refractivity contribution in [2.24, 2.45) is 0 Å². The number of piperidine rings is 2. The van der Waals surface area contributed by atoms with Gasteiger partial charge in [-0.25, -0.2) is 16.8 Å². The summed E-state index contributed by atoms with van der Waals surface area (Å²) in [6.07, 6.45) is 3.12. The number of sulfonamides is 2. The molecule has 2 fully saturated rings. The van der Waals surface area contributed by atoms with Gasteiger partial charge in [-0.2, -0.15) is 8.61 Å². The van der Waals surface area contributed by atoms with E-state index in [1.54, 1.807) is 0 Å². The molecular weight excluding hydrogens is 364 g/mol. The minimum atomic E-state index is -3.66. The molecule has 0 saturated carbocycles. The van der Waals surface area contributed by atoms with Gasteiger partial charge in [-0.15, -0.1) is 0 Å². The van der Waals surface area contributed by atoms with E-state index in [1.165, 1.54) is 32.9 Å². The van der Waals surface area contributed by atoms with Gasteiger partial charge in [-0.3, -0.25) is 0 Å². The molecule has 1 aromatic rings. The number of aliphatic hydroxyl groups is 1. The molecule has 140 valence electrons. The maximum absolute atomic E-state index is 12.6. The molecule has 0 spiro atoms. The Morgan fingerprint density at radius 1 is 0.720 bits per heavy atom. The lowest BCUT2D eigenvalue weighted by molar-refractivity contribution is 0.113. The van der Waals surface area contributed by atoms with E-state index in [9.17, 15) is 21.9 Å². The van der Waals surface area contributed by atoms with Gasteiger partial charge in [0.2, 0.25) is 20.0 Å². The second-order valence-corrected chi connectivity index (χ2v) is 10.4. The minimum Gasteiger partial charge on any atom is -0.393 e. The molecule has 0 unspecified atom stereocenters. The molecule has 3 rings (SSSR count). The lowest BCUT2D eigenvalue weighted by Crippen LogP contribution is -2.40. The van der Waals surface area contributed by atoms with Gasteiger partial charge < -0.3 is 5.11 Å². The van der Waals surface area contributed by atoms with Gasteiger partial charge in [-0.05, 0) is 49.9 Å². The Morgan fingerprint density at radius 3 is 1.56 bits per heavy atom. The van der Waals surface area contributed by atoms with Crippen LogP contribution in [0.3, 0.4) is 0 Å². The first-order valence-corrected chi connectivity index (χ1v) is 11.5. The molecule has 0 aliphatic carbocycles. The highest BCUT2D eigenvalue weighted by molar-refractivity contribution is 7.89. The van der Waals surface area contributed by atoms with Crippen molar-refractivity contribution in [3.8, 4) is 0 Å². The van der Waals surface area contributed by atoms with Crippen LogP contribution in [0.4, 0.5) is 0 Å². The van der Waals surface area contributed by atoms with Crippen LogP contribution in [0.1, 0.15) is 32.1 Å². The molecule has 7 nitrogen and oxygen atoms in total. The second kappa shape index (κ2) is 7.32. The van der Waals surface area contributed by atoms with E-state index in [0.29, 0.717) is 25.9 Å². The van der Waals surface area contributed by atoms with Crippen LogP contribution in [-0.4, -0.2) is 62.8 Å². The van der Waals surface area contributed by atoms with E-state index in [4.69, 9.17) is 0 Å². The third kappa shape index (κ3) is 3.90. The average Bonchev–Trinajstić information content (AvgIpc) is 2.63. The standard InChI is InChI=1S/C16H24N2O5S2/c19-14-8-12-18(13-9-14)25(22,23)16-6-4-15(5-7-16)24(20,21)17-10-2-1-3-11-17/h4-7,14,19H,1-3,8-13H2. The predicted octanol–water partition coefficient (Wildman–Crippen LogP) is 1.01. The van der Waals surface area contributed by atoms with Gasteiger partial charge in [0, 0.05) is 26.2 Å². The van der Waals surface area contributed by atoms with E-state index in [-0.39, 0.29) is 22.9 Å². The number of rotatable bonds is 4. The number of hydrogen-bond acceptors (Lipinski definition) is 5. The fourth-order valence-electron chi connectivity index (χ4n) is 3.27. The summed E-state index contributed by atoms with van der Waals surface area (Å²) in [5, 5.41) is 9.52. The molecule has 25 heavy (non-hydrogen) atoms. The highest BCUT2D eigenvalue weighted by atomic mass is 32.2. The first-order chi connectivity index (χ1) is 11.8. The Morgan fingerprint density at radius 2 is 1.12 bits per heavy atom. The number of hydrogen-bond donors (Lipinski definition) is 1. The highest BCUT2D eigenvalue weighted by Crippen LogP contribution is 2.24. The Bertz CT molecular complexity index is 791. The van der Waals surface area contributed by atoms with Gasteiger partial charge in [0.15, 0.2) is 0 Å². The van der Waals surface area contributed by atoms with Crippen LogP contribution in [0.5, 0.6) is 0 Å². The van der Waals surface area contributed by atoms with Crippen molar-refractivity contribution in [2.45, 2.75) is 48.0 Å². The Hall–Kier alpha value is -1.00. The van der Waals surface area contributed by atoms with Crippen LogP contribution in [0, 0.1) is 0 Å². The van der Waals surface area contributed by atoms with E-state index in [0.717, 1.165) is 19.3 Å². The first kappa shape index (κ1) is 18.8. The molecule has 0 atom stereocenters. The highest BCUT2D eigenvalue weighted by Gasteiger charge is 2.30. The van der Waals surface area contributed by atoms with Crippen molar-refractivity contribution >= 4 is 20.0 Å². The lowest BCUT2D eigenvalue weighted by Gasteiger charge is -2.29. The van der Waals surface area contributed by atoms with E-state index < -0.39 is 26.2 Å². The third-order valence-corrected chi connectivity index (χ3v) is 8.66. The van der Waals surface area contributed by atoms with Gasteiger partial charge in [0.05, 0.1) is 15.9 Å². The van der Waals surface area contributed by atoms with E-state index in [2.05, 4.69) is 0 Å². The van der Waals surface area contributed by atoms with Crippen molar-refractivity contribution < 1.29 is 21.9 Å². The van der Waals surface area contributed by atoms with Crippen LogP contribution in [0.25, 0.3) is 0 Å². The zero-order valence-electron chi connectivity index (χ0n) is 14.0. The van der Waals surface area contributed by atoms with Gasteiger partial charge in [0.25, 0.3) is 0 Å². The van der Waals surface area contributed by atoms with Crippen LogP contribution in [0.15, 0.2) is 34.1 Å². The largest absolute Gasteiger partial charge is 0.393 e. The molecule has 2 heterocycles. The summed E-state index contributed by atoms with van der Waals surface area (Å²) in [4.78, 5) is 0.212. The molecule has 2 aliphatic rings. The Kier molecular flexibility index (Phi) is 5.50.